The van der Waals surface area contributed by atoms with Crippen molar-refractivity contribution in [1.82, 2.24) is 15.5 Å². The lowest BCUT2D eigenvalue weighted by atomic mass is 10.1. The summed E-state index contributed by atoms with van der Waals surface area (Å²) < 4.78 is 0. The Morgan fingerprint density at radius 1 is 1.50 bits per heavy atom. The maximum atomic E-state index is 11.7. The van der Waals surface area contributed by atoms with E-state index in [1.165, 1.54) is 0 Å². The second-order valence-corrected chi connectivity index (χ2v) is 4.53. The van der Waals surface area contributed by atoms with Gasteiger partial charge in [-0.2, -0.15) is 5.10 Å². The van der Waals surface area contributed by atoms with Gasteiger partial charge < -0.3 is 16.0 Å². The molecule has 1 aromatic carbocycles. The zero-order chi connectivity index (χ0) is 12.7. The number of nitrogens with zero attached hydrogens (tertiary/aromatic N) is 2. The van der Waals surface area contributed by atoms with E-state index in [2.05, 4.69) is 15.5 Å². The highest BCUT2D eigenvalue weighted by atomic mass is 16.2. The van der Waals surface area contributed by atoms with Crippen molar-refractivity contribution in [3.8, 4) is 0 Å². The highest BCUT2D eigenvalue weighted by molar-refractivity contribution is 5.92. The topological polar surface area (TPSA) is 87.0 Å². The van der Waals surface area contributed by atoms with E-state index in [4.69, 9.17) is 5.73 Å². The molecule has 2 aromatic rings. The molecule has 6 heteroatoms. The van der Waals surface area contributed by atoms with E-state index in [1.54, 1.807) is 6.20 Å². The van der Waals surface area contributed by atoms with E-state index in [9.17, 15) is 4.79 Å². The van der Waals surface area contributed by atoms with Crippen LogP contribution in [0.4, 0.5) is 11.4 Å². The van der Waals surface area contributed by atoms with E-state index in [0.717, 1.165) is 23.1 Å². The quantitative estimate of drug-likeness (QED) is 0.637. The van der Waals surface area contributed by atoms with E-state index < -0.39 is 0 Å². The maximum absolute atomic E-state index is 11.7. The molecule has 1 amide bonds. The summed E-state index contributed by atoms with van der Waals surface area (Å²) >= 11 is 0. The molecule has 1 aromatic heterocycles. The first-order chi connectivity index (χ1) is 8.66. The minimum atomic E-state index is -0.207. The smallest absolute Gasteiger partial charge is 0.242 e. The summed E-state index contributed by atoms with van der Waals surface area (Å²) in [7, 11) is 0. The molecule has 0 saturated carbocycles. The van der Waals surface area contributed by atoms with Crippen molar-refractivity contribution in [2.24, 2.45) is 0 Å². The Morgan fingerprint density at radius 2 is 2.33 bits per heavy atom. The molecular weight excluding hydrogens is 230 g/mol. The minimum Gasteiger partial charge on any atom is -0.397 e. The molecule has 1 atom stereocenters. The van der Waals surface area contributed by atoms with Crippen LogP contribution in [0, 0.1) is 0 Å². The average molecular weight is 245 g/mol. The molecule has 1 aliphatic rings. The average Bonchev–Trinajstić information content (AvgIpc) is 2.79. The van der Waals surface area contributed by atoms with Crippen LogP contribution in [0.25, 0.3) is 10.9 Å². The van der Waals surface area contributed by atoms with Gasteiger partial charge in [-0.15, -0.1) is 0 Å². The number of benzene rings is 1. The Hall–Kier alpha value is -2.24. The minimum absolute atomic E-state index is 0.0327. The van der Waals surface area contributed by atoms with E-state index in [1.807, 2.05) is 24.0 Å². The van der Waals surface area contributed by atoms with Gasteiger partial charge in [0, 0.05) is 18.5 Å². The number of nitrogen functional groups attached to an aromatic ring is 1. The number of hydrogen-bond donors (Lipinski definition) is 3. The Balaban J connectivity index is 2.07. The molecule has 2 heterocycles. The first-order valence-corrected chi connectivity index (χ1v) is 5.94. The van der Waals surface area contributed by atoms with Gasteiger partial charge in [0.25, 0.3) is 0 Å². The van der Waals surface area contributed by atoms with Gasteiger partial charge in [0.1, 0.15) is 6.04 Å². The monoisotopic (exact) mass is 245 g/mol. The van der Waals surface area contributed by atoms with Crippen molar-refractivity contribution in [3.05, 3.63) is 18.3 Å². The summed E-state index contributed by atoms with van der Waals surface area (Å²) in [5.74, 6) is 0.0327. The third kappa shape index (κ3) is 1.57. The van der Waals surface area contributed by atoms with Crippen molar-refractivity contribution >= 4 is 28.2 Å². The molecule has 0 aliphatic carbocycles. The van der Waals surface area contributed by atoms with Crippen LogP contribution >= 0.6 is 0 Å². The molecule has 0 bridgehead atoms. The summed E-state index contributed by atoms with van der Waals surface area (Å²) in [6.45, 7) is 3.28. The van der Waals surface area contributed by atoms with Crippen LogP contribution in [-0.4, -0.2) is 35.2 Å². The zero-order valence-corrected chi connectivity index (χ0v) is 10.1. The predicted molar refractivity (Wildman–Crippen MR) is 70.3 cm³/mol. The lowest BCUT2D eigenvalue weighted by molar-refractivity contribution is -0.122. The molecule has 1 aliphatic heterocycles. The van der Waals surface area contributed by atoms with Gasteiger partial charge in [-0.1, -0.05) is 0 Å². The summed E-state index contributed by atoms with van der Waals surface area (Å²) in [5, 5.41) is 10.7. The highest BCUT2D eigenvalue weighted by Gasteiger charge is 2.27. The third-order valence-corrected chi connectivity index (χ3v) is 3.40. The van der Waals surface area contributed by atoms with Crippen LogP contribution in [0.3, 0.4) is 0 Å². The molecule has 1 unspecified atom stereocenters. The van der Waals surface area contributed by atoms with E-state index in [0.29, 0.717) is 12.2 Å². The van der Waals surface area contributed by atoms with Gasteiger partial charge in [0.2, 0.25) is 5.91 Å². The van der Waals surface area contributed by atoms with Gasteiger partial charge in [-0.3, -0.25) is 9.89 Å². The second-order valence-electron chi connectivity index (χ2n) is 4.53. The molecule has 1 fully saturated rings. The molecule has 0 spiro atoms. The molecule has 3 rings (SSSR count). The lowest BCUT2D eigenvalue weighted by Crippen LogP contribution is -2.54. The number of anilines is 2. The van der Waals surface area contributed by atoms with Gasteiger partial charge in [0.05, 0.1) is 23.1 Å². The first kappa shape index (κ1) is 10.9. The Morgan fingerprint density at radius 3 is 3.17 bits per heavy atom. The number of nitrogens with one attached hydrogen (secondary N) is 2. The molecule has 6 nitrogen and oxygen atoms in total. The van der Waals surface area contributed by atoms with Crippen LogP contribution in [0.15, 0.2) is 18.3 Å². The normalized spacial score (nSPS) is 20.2. The number of nitrogens with two attached hydrogens (primary N) is 1. The SMILES string of the molecule is CC1C(=O)NCCN1c1cc2[nH]ncc2cc1N. The fourth-order valence-electron chi connectivity index (χ4n) is 2.36. The molecule has 4 N–H and O–H groups in total. The summed E-state index contributed by atoms with van der Waals surface area (Å²) in [5.41, 5.74) is 8.55. The Kier molecular flexibility index (Phi) is 2.36. The van der Waals surface area contributed by atoms with Gasteiger partial charge in [0.15, 0.2) is 0 Å². The van der Waals surface area contributed by atoms with Crippen LogP contribution < -0.4 is 16.0 Å². The largest absolute Gasteiger partial charge is 0.397 e. The van der Waals surface area contributed by atoms with Gasteiger partial charge in [-0.05, 0) is 19.1 Å². The summed E-state index contributed by atoms with van der Waals surface area (Å²) in [6.07, 6.45) is 1.74. The predicted octanol–water partition coefficient (Wildman–Crippen LogP) is 0.470. The Labute approximate surface area is 104 Å². The highest BCUT2D eigenvalue weighted by Crippen LogP contribution is 2.30. The first-order valence-electron chi connectivity index (χ1n) is 5.94. The number of H-pyrrole nitrogens is 1. The number of carbonyl (C=O) groups is 1. The number of piperazine rings is 1. The molecule has 1 saturated heterocycles. The number of fused-ring (bicyclic) bond motifs is 1. The van der Waals surface area contributed by atoms with Gasteiger partial charge in [-0.25, -0.2) is 0 Å². The number of carbonyl (C=O) groups excluding carboxylic acids is 1. The van der Waals surface area contributed by atoms with E-state index in [-0.39, 0.29) is 11.9 Å². The number of amides is 1. The van der Waals surface area contributed by atoms with Crippen LogP contribution in [-0.2, 0) is 4.79 Å². The zero-order valence-electron chi connectivity index (χ0n) is 10.1. The fraction of sp³-hybridized carbons (Fsp3) is 0.333. The number of aromatic nitrogens is 2. The molecular formula is C12H15N5O. The van der Waals surface area contributed by atoms with Crippen molar-refractivity contribution < 1.29 is 4.79 Å². The lowest BCUT2D eigenvalue weighted by Gasteiger charge is -2.35. The number of aromatic amines is 1. The van der Waals surface area contributed by atoms with Gasteiger partial charge >= 0.3 is 0 Å². The third-order valence-electron chi connectivity index (χ3n) is 3.40. The molecule has 18 heavy (non-hydrogen) atoms. The maximum Gasteiger partial charge on any atom is 0.242 e. The van der Waals surface area contributed by atoms with Crippen molar-refractivity contribution in [2.75, 3.05) is 23.7 Å². The van der Waals surface area contributed by atoms with Crippen LogP contribution in [0.2, 0.25) is 0 Å². The van der Waals surface area contributed by atoms with Crippen molar-refractivity contribution in [3.63, 3.8) is 0 Å². The standard InChI is InChI=1S/C12H15N5O/c1-7-12(18)14-2-3-17(7)11-5-10-8(4-9(11)13)6-15-16-10/h4-7H,2-3,13H2,1H3,(H,14,18)(H,15,16). The Bertz CT molecular complexity index is 606. The van der Waals surface area contributed by atoms with Crippen LogP contribution in [0.1, 0.15) is 6.92 Å². The van der Waals surface area contributed by atoms with E-state index >= 15 is 0 Å². The summed E-state index contributed by atoms with van der Waals surface area (Å²) in [4.78, 5) is 13.7. The fourth-order valence-corrected chi connectivity index (χ4v) is 2.36. The molecule has 94 valence electrons. The molecule has 0 radical (unpaired) electrons. The summed E-state index contributed by atoms with van der Waals surface area (Å²) in [6, 6.07) is 3.63. The second kappa shape index (κ2) is 3.90. The van der Waals surface area contributed by atoms with Crippen LogP contribution in [0.5, 0.6) is 0 Å². The van der Waals surface area contributed by atoms with Crippen molar-refractivity contribution in [1.29, 1.82) is 0 Å². The van der Waals surface area contributed by atoms with Crippen molar-refractivity contribution in [2.45, 2.75) is 13.0 Å². The number of rotatable bonds is 1. The number of hydrogen-bond acceptors (Lipinski definition) is 4.